The highest BCUT2D eigenvalue weighted by molar-refractivity contribution is 7.98. The molecule has 2 amide bonds. The average molecular weight is 376 g/mol. The van der Waals surface area contributed by atoms with Gasteiger partial charge in [0, 0.05) is 31.5 Å². The Morgan fingerprint density at radius 2 is 1.85 bits per heavy atom. The summed E-state index contributed by atoms with van der Waals surface area (Å²) in [5.41, 5.74) is 0.323. The summed E-state index contributed by atoms with van der Waals surface area (Å²) in [6.45, 7) is 0.978. The number of aliphatic carboxylic acids is 1. The third-order valence-electron chi connectivity index (χ3n) is 5.86. The molecule has 0 radical (unpaired) electrons. The fourth-order valence-corrected chi connectivity index (χ4v) is 4.57. The first-order valence-electron chi connectivity index (χ1n) is 8.77. The van der Waals surface area contributed by atoms with Crippen molar-refractivity contribution in [1.82, 2.24) is 9.80 Å². The zero-order chi connectivity index (χ0) is 18.9. The van der Waals surface area contributed by atoms with Crippen LogP contribution in [0.1, 0.15) is 24.8 Å². The van der Waals surface area contributed by atoms with Gasteiger partial charge in [0.2, 0.25) is 11.8 Å². The monoisotopic (exact) mass is 376 g/mol. The van der Waals surface area contributed by atoms with Gasteiger partial charge in [-0.05, 0) is 36.8 Å². The van der Waals surface area contributed by atoms with Crippen LogP contribution >= 0.6 is 11.8 Å². The highest BCUT2D eigenvalue weighted by Crippen LogP contribution is 2.42. The summed E-state index contributed by atoms with van der Waals surface area (Å²) in [6, 6.07) is 7.96. The molecule has 140 valence electrons. The second-order valence-corrected chi connectivity index (χ2v) is 7.94. The third kappa shape index (κ3) is 3.32. The summed E-state index contributed by atoms with van der Waals surface area (Å²) < 4.78 is 0. The molecule has 1 aromatic carbocycles. The molecule has 2 saturated heterocycles. The average Bonchev–Trinajstić information content (AvgIpc) is 2.88. The number of likely N-dealkylation sites (tertiary alicyclic amines) is 2. The Bertz CT molecular complexity index is 711. The van der Waals surface area contributed by atoms with Crippen molar-refractivity contribution in [2.24, 2.45) is 5.92 Å². The smallest absolute Gasteiger partial charge is 0.309 e. The standard InChI is InChI=1S/C19H24N2O4S/c1-20-16(22)12-15(18(24)25)19(20)7-9-21(10-8-19)17(23)11-13-3-5-14(26-2)6-4-13/h3-6,15H,7-12H2,1-2H3,(H,24,25). The summed E-state index contributed by atoms with van der Waals surface area (Å²) in [4.78, 5) is 40.8. The maximum absolute atomic E-state index is 12.6. The van der Waals surface area contributed by atoms with Crippen molar-refractivity contribution >= 4 is 29.5 Å². The van der Waals surface area contributed by atoms with Gasteiger partial charge in [-0.1, -0.05) is 12.1 Å². The topological polar surface area (TPSA) is 77.9 Å². The van der Waals surface area contributed by atoms with E-state index in [0.29, 0.717) is 32.4 Å². The van der Waals surface area contributed by atoms with E-state index in [4.69, 9.17) is 0 Å². The summed E-state index contributed by atoms with van der Waals surface area (Å²) in [5, 5.41) is 9.52. The number of rotatable bonds is 4. The molecule has 3 rings (SSSR count). The van der Waals surface area contributed by atoms with Gasteiger partial charge in [-0.25, -0.2) is 0 Å². The Labute approximate surface area is 157 Å². The number of carboxylic acid groups (broad SMARTS) is 1. The number of carboxylic acids is 1. The molecule has 0 bridgehead atoms. The van der Waals surface area contributed by atoms with Crippen molar-refractivity contribution in [2.75, 3.05) is 26.4 Å². The van der Waals surface area contributed by atoms with Crippen LogP contribution in [0, 0.1) is 5.92 Å². The van der Waals surface area contributed by atoms with Crippen LogP contribution in [0.3, 0.4) is 0 Å². The second kappa shape index (κ2) is 7.31. The van der Waals surface area contributed by atoms with Crippen LogP contribution in [0.5, 0.6) is 0 Å². The Morgan fingerprint density at radius 1 is 1.23 bits per heavy atom. The first-order valence-corrected chi connectivity index (χ1v) is 10.00. The van der Waals surface area contributed by atoms with Crippen molar-refractivity contribution in [3.8, 4) is 0 Å². The van der Waals surface area contributed by atoms with Gasteiger partial charge in [0.1, 0.15) is 0 Å². The third-order valence-corrected chi connectivity index (χ3v) is 6.61. The largest absolute Gasteiger partial charge is 0.481 e. The van der Waals surface area contributed by atoms with E-state index in [1.54, 1.807) is 28.6 Å². The molecule has 1 atom stereocenters. The molecule has 1 N–H and O–H groups in total. The van der Waals surface area contributed by atoms with E-state index in [-0.39, 0.29) is 18.2 Å². The van der Waals surface area contributed by atoms with Gasteiger partial charge >= 0.3 is 5.97 Å². The number of hydrogen-bond donors (Lipinski definition) is 1. The minimum Gasteiger partial charge on any atom is -0.481 e. The molecule has 0 saturated carbocycles. The minimum absolute atomic E-state index is 0.0515. The summed E-state index contributed by atoms with van der Waals surface area (Å²) in [6.07, 6.45) is 3.45. The number of piperidine rings is 1. The molecule has 0 aliphatic carbocycles. The molecule has 2 aliphatic rings. The SMILES string of the molecule is CSc1ccc(CC(=O)N2CCC3(CC2)C(C(=O)O)CC(=O)N3C)cc1. The molecule has 2 fully saturated rings. The van der Waals surface area contributed by atoms with Crippen molar-refractivity contribution in [3.63, 3.8) is 0 Å². The van der Waals surface area contributed by atoms with Crippen molar-refractivity contribution in [3.05, 3.63) is 29.8 Å². The number of amides is 2. The van der Waals surface area contributed by atoms with Crippen LogP contribution in [-0.2, 0) is 20.8 Å². The van der Waals surface area contributed by atoms with Gasteiger partial charge in [0.05, 0.1) is 17.9 Å². The van der Waals surface area contributed by atoms with E-state index in [9.17, 15) is 19.5 Å². The number of carbonyl (C=O) groups excluding carboxylic acids is 2. The lowest BCUT2D eigenvalue weighted by Crippen LogP contribution is -2.57. The van der Waals surface area contributed by atoms with Gasteiger partial charge in [0.25, 0.3) is 0 Å². The molecule has 2 heterocycles. The summed E-state index contributed by atoms with van der Waals surface area (Å²) in [5.74, 6) is -1.67. The molecular weight excluding hydrogens is 352 g/mol. The van der Waals surface area contributed by atoms with Crippen molar-refractivity contribution in [1.29, 1.82) is 0 Å². The normalized spacial score (nSPS) is 22.1. The number of carbonyl (C=O) groups is 3. The number of benzene rings is 1. The maximum atomic E-state index is 12.6. The van der Waals surface area contributed by atoms with Crippen LogP contribution in [0.25, 0.3) is 0 Å². The Morgan fingerprint density at radius 3 is 2.38 bits per heavy atom. The molecule has 6 nitrogen and oxygen atoms in total. The first-order chi connectivity index (χ1) is 12.4. The van der Waals surface area contributed by atoms with Crippen LogP contribution in [0.15, 0.2) is 29.2 Å². The van der Waals surface area contributed by atoms with Gasteiger partial charge in [-0.2, -0.15) is 0 Å². The Balaban J connectivity index is 1.64. The fraction of sp³-hybridized carbons (Fsp3) is 0.526. The van der Waals surface area contributed by atoms with Gasteiger partial charge in [-0.15, -0.1) is 11.8 Å². The quantitative estimate of drug-likeness (QED) is 0.812. The van der Waals surface area contributed by atoms with Crippen LogP contribution in [-0.4, -0.2) is 64.6 Å². The van der Waals surface area contributed by atoms with E-state index < -0.39 is 17.4 Å². The van der Waals surface area contributed by atoms with E-state index >= 15 is 0 Å². The molecular formula is C19H24N2O4S. The van der Waals surface area contributed by atoms with Gasteiger partial charge in [-0.3, -0.25) is 14.4 Å². The fourth-order valence-electron chi connectivity index (χ4n) is 4.16. The molecule has 1 unspecified atom stereocenters. The van der Waals surface area contributed by atoms with Crippen LogP contribution < -0.4 is 0 Å². The first kappa shape index (κ1) is 18.8. The van der Waals surface area contributed by atoms with Crippen molar-refractivity contribution < 1.29 is 19.5 Å². The maximum Gasteiger partial charge on any atom is 0.309 e. The number of hydrogen-bond acceptors (Lipinski definition) is 4. The Kier molecular flexibility index (Phi) is 5.27. The zero-order valence-electron chi connectivity index (χ0n) is 15.1. The minimum atomic E-state index is -0.920. The predicted molar refractivity (Wildman–Crippen MR) is 99.0 cm³/mol. The van der Waals surface area contributed by atoms with E-state index in [1.807, 2.05) is 30.5 Å². The molecule has 1 spiro atoms. The predicted octanol–water partition coefficient (Wildman–Crippen LogP) is 1.88. The van der Waals surface area contributed by atoms with E-state index in [0.717, 1.165) is 10.5 Å². The summed E-state index contributed by atoms with van der Waals surface area (Å²) in [7, 11) is 1.69. The lowest BCUT2D eigenvalue weighted by molar-refractivity contribution is -0.146. The number of nitrogens with zero attached hydrogens (tertiary/aromatic N) is 2. The zero-order valence-corrected chi connectivity index (χ0v) is 15.9. The van der Waals surface area contributed by atoms with Gasteiger partial charge < -0.3 is 14.9 Å². The molecule has 26 heavy (non-hydrogen) atoms. The number of thioether (sulfide) groups is 1. The van der Waals surface area contributed by atoms with Gasteiger partial charge in [0.15, 0.2) is 0 Å². The molecule has 2 aliphatic heterocycles. The molecule has 7 heteroatoms. The summed E-state index contributed by atoms with van der Waals surface area (Å²) >= 11 is 1.66. The highest BCUT2D eigenvalue weighted by Gasteiger charge is 2.55. The highest BCUT2D eigenvalue weighted by atomic mass is 32.2. The van der Waals surface area contributed by atoms with E-state index in [2.05, 4.69) is 0 Å². The van der Waals surface area contributed by atoms with Crippen LogP contribution in [0.2, 0.25) is 0 Å². The lowest BCUT2D eigenvalue weighted by Gasteiger charge is -2.45. The van der Waals surface area contributed by atoms with E-state index in [1.165, 1.54) is 0 Å². The lowest BCUT2D eigenvalue weighted by atomic mass is 9.77. The molecule has 1 aromatic rings. The Hall–Kier alpha value is -2.02. The second-order valence-electron chi connectivity index (χ2n) is 7.06. The molecule has 0 aromatic heterocycles. The van der Waals surface area contributed by atoms with Crippen LogP contribution in [0.4, 0.5) is 0 Å². The van der Waals surface area contributed by atoms with Crippen molar-refractivity contribution in [2.45, 2.75) is 36.1 Å².